The van der Waals surface area contributed by atoms with E-state index in [1.54, 1.807) is 18.9 Å². The van der Waals surface area contributed by atoms with Crippen LogP contribution in [0.5, 0.6) is 0 Å². The molecule has 1 aromatic heterocycles. The molecule has 1 aliphatic heterocycles. The van der Waals surface area contributed by atoms with Gasteiger partial charge in [0.15, 0.2) is 0 Å². The summed E-state index contributed by atoms with van der Waals surface area (Å²) in [6, 6.07) is 4.18. The van der Waals surface area contributed by atoms with Crippen LogP contribution in [-0.4, -0.2) is 17.1 Å². The summed E-state index contributed by atoms with van der Waals surface area (Å²) in [6.07, 6.45) is 2.08. The predicted octanol–water partition coefficient (Wildman–Crippen LogP) is 1.57. The van der Waals surface area contributed by atoms with Gasteiger partial charge in [0.05, 0.1) is 11.6 Å². The molecule has 54 valence electrons. The Kier molecular flexibility index (Phi) is 1.47. The van der Waals surface area contributed by atoms with Crippen molar-refractivity contribution in [2.24, 2.45) is 0 Å². The van der Waals surface area contributed by atoms with Crippen molar-refractivity contribution in [3.63, 3.8) is 0 Å². The normalized spacial score (nSPS) is 23.1. The number of fused-ring (bicyclic) bond motifs is 1. The highest BCUT2D eigenvalue weighted by atomic mass is 32.2. The van der Waals surface area contributed by atoms with Gasteiger partial charge < -0.3 is 9.30 Å². The van der Waals surface area contributed by atoms with Gasteiger partial charge in [-0.1, -0.05) is 11.8 Å². The van der Waals surface area contributed by atoms with Crippen LogP contribution in [0.4, 0.5) is 0 Å². The van der Waals surface area contributed by atoms with Crippen LogP contribution in [-0.2, 0) is 11.3 Å². The third kappa shape index (κ3) is 0.859. The van der Waals surface area contributed by atoms with Crippen molar-refractivity contribution in [2.45, 2.75) is 17.0 Å². The molecule has 2 heterocycles. The van der Waals surface area contributed by atoms with Crippen molar-refractivity contribution in [1.29, 1.82) is 0 Å². The fraction of sp³-hybridized carbons (Fsp3) is 0.429. The van der Waals surface area contributed by atoms with Crippen molar-refractivity contribution in [3.05, 3.63) is 18.3 Å². The number of aromatic nitrogens is 1. The standard InChI is InChI=1S/C7H9NOS/c1-9-7-5-8-4-2-3-6(8)10-7/h2-4,7H,5H2,1H3. The van der Waals surface area contributed by atoms with E-state index in [-0.39, 0.29) is 0 Å². The molecule has 0 bridgehead atoms. The Bertz CT molecular complexity index is 213. The number of methoxy groups -OCH3 is 1. The highest BCUT2D eigenvalue weighted by Gasteiger charge is 2.19. The lowest BCUT2D eigenvalue weighted by Gasteiger charge is -2.02. The van der Waals surface area contributed by atoms with Crippen LogP contribution in [0.15, 0.2) is 23.4 Å². The Morgan fingerprint density at radius 2 is 2.70 bits per heavy atom. The first-order chi connectivity index (χ1) is 4.90. The minimum Gasteiger partial charge on any atom is -0.369 e. The van der Waals surface area contributed by atoms with Crippen molar-refractivity contribution in [3.8, 4) is 0 Å². The quantitative estimate of drug-likeness (QED) is 0.611. The van der Waals surface area contributed by atoms with Crippen molar-refractivity contribution >= 4 is 11.8 Å². The molecule has 0 aromatic carbocycles. The van der Waals surface area contributed by atoms with E-state index in [0.717, 1.165) is 6.54 Å². The maximum atomic E-state index is 5.19. The predicted molar refractivity (Wildman–Crippen MR) is 41.1 cm³/mol. The fourth-order valence-electron chi connectivity index (χ4n) is 1.11. The Labute approximate surface area is 64.2 Å². The molecule has 0 fully saturated rings. The molecule has 0 aliphatic carbocycles. The third-order valence-corrected chi connectivity index (χ3v) is 2.87. The van der Waals surface area contributed by atoms with Gasteiger partial charge in [0, 0.05) is 13.3 Å². The monoisotopic (exact) mass is 155 g/mol. The molecular weight excluding hydrogens is 146 g/mol. The minimum absolute atomic E-state index is 0.330. The van der Waals surface area contributed by atoms with Gasteiger partial charge in [-0.3, -0.25) is 0 Å². The van der Waals surface area contributed by atoms with Crippen LogP contribution in [0.3, 0.4) is 0 Å². The van der Waals surface area contributed by atoms with Crippen LogP contribution in [0.25, 0.3) is 0 Å². The van der Waals surface area contributed by atoms with Crippen LogP contribution in [0.1, 0.15) is 0 Å². The maximum Gasteiger partial charge on any atom is 0.126 e. The highest BCUT2D eigenvalue weighted by molar-refractivity contribution is 7.99. The highest BCUT2D eigenvalue weighted by Crippen LogP contribution is 2.32. The summed E-state index contributed by atoms with van der Waals surface area (Å²) in [6.45, 7) is 0.990. The summed E-state index contributed by atoms with van der Waals surface area (Å²) in [5.41, 5.74) is 0.330. The van der Waals surface area contributed by atoms with E-state index < -0.39 is 0 Å². The van der Waals surface area contributed by atoms with Gasteiger partial charge in [-0.2, -0.15) is 0 Å². The number of thioether (sulfide) groups is 1. The number of hydrogen-bond donors (Lipinski definition) is 0. The average Bonchev–Trinajstić information content (AvgIpc) is 2.42. The van der Waals surface area contributed by atoms with Crippen molar-refractivity contribution in [1.82, 2.24) is 4.57 Å². The molecule has 1 aromatic rings. The molecule has 1 aliphatic rings. The largest absolute Gasteiger partial charge is 0.369 e. The van der Waals surface area contributed by atoms with Gasteiger partial charge in [0.1, 0.15) is 5.44 Å². The zero-order chi connectivity index (χ0) is 6.97. The first-order valence-electron chi connectivity index (χ1n) is 3.25. The molecule has 2 nitrogen and oxygen atoms in total. The summed E-state index contributed by atoms with van der Waals surface area (Å²) < 4.78 is 7.40. The Balaban J connectivity index is 2.21. The van der Waals surface area contributed by atoms with E-state index in [1.807, 2.05) is 0 Å². The van der Waals surface area contributed by atoms with Gasteiger partial charge in [0.2, 0.25) is 0 Å². The second kappa shape index (κ2) is 2.32. The van der Waals surface area contributed by atoms with E-state index in [2.05, 4.69) is 22.9 Å². The second-order valence-electron chi connectivity index (χ2n) is 2.28. The lowest BCUT2D eigenvalue weighted by molar-refractivity contribution is 0.163. The molecule has 1 unspecified atom stereocenters. The molecular formula is C7H9NOS. The smallest absolute Gasteiger partial charge is 0.126 e. The van der Waals surface area contributed by atoms with Crippen molar-refractivity contribution in [2.75, 3.05) is 7.11 Å². The molecule has 0 amide bonds. The number of hydrogen-bond acceptors (Lipinski definition) is 2. The summed E-state index contributed by atoms with van der Waals surface area (Å²) in [5, 5.41) is 1.31. The molecule has 1 atom stereocenters. The summed E-state index contributed by atoms with van der Waals surface area (Å²) in [7, 11) is 1.75. The van der Waals surface area contributed by atoms with Gasteiger partial charge in [-0.15, -0.1) is 0 Å². The number of rotatable bonds is 1. The minimum atomic E-state index is 0.330. The van der Waals surface area contributed by atoms with Gasteiger partial charge in [0.25, 0.3) is 0 Å². The van der Waals surface area contributed by atoms with E-state index >= 15 is 0 Å². The fourth-order valence-corrected chi connectivity index (χ4v) is 2.14. The summed E-state index contributed by atoms with van der Waals surface area (Å²) in [5.74, 6) is 0. The van der Waals surface area contributed by atoms with Crippen LogP contribution in [0, 0.1) is 0 Å². The lowest BCUT2D eigenvalue weighted by Crippen LogP contribution is -2.05. The lowest BCUT2D eigenvalue weighted by atomic mass is 10.6. The second-order valence-corrected chi connectivity index (χ2v) is 3.46. The average molecular weight is 155 g/mol. The molecule has 0 radical (unpaired) electrons. The topological polar surface area (TPSA) is 14.2 Å². The summed E-state index contributed by atoms with van der Waals surface area (Å²) >= 11 is 1.78. The molecule has 2 rings (SSSR count). The maximum absolute atomic E-state index is 5.19. The van der Waals surface area contributed by atoms with Gasteiger partial charge in [-0.25, -0.2) is 0 Å². The Hall–Kier alpha value is -0.410. The van der Waals surface area contributed by atoms with E-state index in [1.165, 1.54) is 5.03 Å². The molecule has 0 saturated heterocycles. The zero-order valence-corrected chi connectivity index (χ0v) is 6.60. The molecule has 0 spiro atoms. The summed E-state index contributed by atoms with van der Waals surface area (Å²) in [4.78, 5) is 0. The molecule has 3 heteroatoms. The number of nitrogens with zero attached hydrogens (tertiary/aromatic N) is 1. The Morgan fingerprint density at radius 1 is 1.80 bits per heavy atom. The molecule has 0 N–H and O–H groups in total. The van der Waals surface area contributed by atoms with Crippen LogP contribution < -0.4 is 0 Å². The van der Waals surface area contributed by atoms with E-state index in [9.17, 15) is 0 Å². The van der Waals surface area contributed by atoms with Crippen LogP contribution >= 0.6 is 11.8 Å². The first kappa shape index (κ1) is 6.31. The van der Waals surface area contributed by atoms with E-state index in [0.29, 0.717) is 5.44 Å². The zero-order valence-electron chi connectivity index (χ0n) is 5.78. The van der Waals surface area contributed by atoms with Gasteiger partial charge in [-0.05, 0) is 12.1 Å². The number of ether oxygens (including phenoxy) is 1. The molecule has 10 heavy (non-hydrogen) atoms. The first-order valence-corrected chi connectivity index (χ1v) is 4.13. The van der Waals surface area contributed by atoms with Crippen molar-refractivity contribution < 1.29 is 4.74 Å². The van der Waals surface area contributed by atoms with Crippen LogP contribution in [0.2, 0.25) is 0 Å². The van der Waals surface area contributed by atoms with E-state index in [4.69, 9.17) is 4.74 Å². The Morgan fingerprint density at radius 3 is 3.40 bits per heavy atom. The van der Waals surface area contributed by atoms with Gasteiger partial charge >= 0.3 is 0 Å². The SMILES string of the molecule is COC1Cn2cccc2S1. The molecule has 0 saturated carbocycles. The third-order valence-electron chi connectivity index (χ3n) is 1.65.